The third-order valence-electron chi connectivity index (χ3n) is 12.5. The average Bonchev–Trinajstić information content (AvgIpc) is 4.08. The van der Waals surface area contributed by atoms with Crippen molar-refractivity contribution in [2.24, 2.45) is 28.3 Å². The highest BCUT2D eigenvalue weighted by Crippen LogP contribution is 2.21. The van der Waals surface area contributed by atoms with Crippen molar-refractivity contribution in [1.82, 2.24) is 46.8 Å². The van der Waals surface area contributed by atoms with E-state index in [1.165, 1.54) is 41.7 Å². The first-order valence-electron chi connectivity index (χ1n) is 24.6. The number of nitrogens with one attached hydrogen (secondary N) is 7. The summed E-state index contributed by atoms with van der Waals surface area (Å²) in [6, 6.07) is 5.70. The van der Waals surface area contributed by atoms with Crippen molar-refractivity contribution in [2.45, 2.75) is 134 Å². The maximum absolute atomic E-state index is 14.6. The summed E-state index contributed by atoms with van der Waals surface area (Å²) < 4.78 is 0. The van der Waals surface area contributed by atoms with Gasteiger partial charge in [0.15, 0.2) is 5.96 Å². The van der Waals surface area contributed by atoms with Crippen molar-refractivity contribution in [3.8, 4) is 5.75 Å². The smallest absolute Gasteiger partial charge is 0.326 e. The van der Waals surface area contributed by atoms with Crippen LogP contribution in [0.5, 0.6) is 5.75 Å². The first-order valence-corrected chi connectivity index (χ1v) is 24.6. The fraction of sp³-hybridized carbons (Fsp3) is 0.500. The van der Waals surface area contributed by atoms with Gasteiger partial charge in [0.1, 0.15) is 48.0 Å². The molecular formula is C50H70N12O12. The molecule has 0 aliphatic carbocycles. The number of aliphatic imine (C=N–C) groups is 1. The Morgan fingerprint density at radius 1 is 0.743 bits per heavy atom. The number of rotatable bonds is 29. The first kappa shape index (κ1) is 58.5. The van der Waals surface area contributed by atoms with Gasteiger partial charge in [-0.25, -0.2) is 9.78 Å². The highest BCUT2D eigenvalue weighted by Gasteiger charge is 2.41. The lowest BCUT2D eigenvalue weighted by molar-refractivity contribution is -0.145. The number of imidazole rings is 1. The molecule has 7 amide bonds. The van der Waals surface area contributed by atoms with Crippen LogP contribution in [0.2, 0.25) is 0 Å². The van der Waals surface area contributed by atoms with Gasteiger partial charge in [0.25, 0.3) is 0 Å². The number of H-pyrrole nitrogens is 1. The van der Waals surface area contributed by atoms with E-state index >= 15 is 0 Å². The Hall–Kier alpha value is -8.05. The lowest BCUT2D eigenvalue weighted by atomic mass is 9.96. The molecule has 24 nitrogen and oxygen atoms in total. The number of carboxylic acids is 2. The maximum Gasteiger partial charge on any atom is 0.326 e. The average molecular weight is 1030 g/mol. The van der Waals surface area contributed by atoms with Crippen LogP contribution in [0.1, 0.15) is 89.5 Å². The summed E-state index contributed by atoms with van der Waals surface area (Å²) in [6.07, 6.45) is 2.90. The van der Waals surface area contributed by atoms with Crippen molar-refractivity contribution < 1.29 is 58.5 Å². The number of benzene rings is 2. The number of phenols is 1. The van der Waals surface area contributed by atoms with E-state index in [0.29, 0.717) is 29.7 Å². The molecular weight excluding hydrogens is 961 g/mol. The number of carbonyl (C=O) groups is 9. The molecule has 14 N–H and O–H groups in total. The molecule has 2 aromatic carbocycles. The van der Waals surface area contributed by atoms with Gasteiger partial charge in [-0.1, -0.05) is 76.6 Å². The summed E-state index contributed by atoms with van der Waals surface area (Å²) in [5.74, 6) is -9.10. The van der Waals surface area contributed by atoms with Gasteiger partial charge in [-0.3, -0.25) is 43.3 Å². The molecule has 1 saturated heterocycles. The number of nitrogens with zero attached hydrogens (tertiary/aromatic N) is 3. The van der Waals surface area contributed by atoms with Crippen LogP contribution in [0.4, 0.5) is 0 Å². The Bertz CT molecular complexity index is 2420. The molecule has 1 fully saturated rings. The van der Waals surface area contributed by atoms with E-state index < -0.39 is 120 Å². The number of hydrogen-bond donors (Lipinski definition) is 12. The van der Waals surface area contributed by atoms with Crippen molar-refractivity contribution in [2.75, 3.05) is 13.1 Å². The Morgan fingerprint density at radius 2 is 1.36 bits per heavy atom. The lowest BCUT2D eigenvalue weighted by Crippen LogP contribution is -2.62. The summed E-state index contributed by atoms with van der Waals surface area (Å²) in [7, 11) is 0. The predicted molar refractivity (Wildman–Crippen MR) is 269 cm³/mol. The zero-order chi connectivity index (χ0) is 54.5. The van der Waals surface area contributed by atoms with Crippen LogP contribution in [-0.4, -0.2) is 145 Å². The molecule has 24 heteroatoms. The normalized spacial score (nSPS) is 16.0. The number of phenolic OH excluding ortho intramolecular Hbond substituents is 1. The molecule has 74 heavy (non-hydrogen) atoms. The molecule has 0 radical (unpaired) electrons. The minimum atomic E-state index is -1.40. The van der Waals surface area contributed by atoms with Gasteiger partial charge in [0, 0.05) is 50.7 Å². The molecule has 8 atom stereocenters. The molecule has 0 spiro atoms. The fourth-order valence-corrected chi connectivity index (χ4v) is 8.24. The van der Waals surface area contributed by atoms with E-state index in [1.807, 2.05) is 0 Å². The number of likely N-dealkylation sites (tertiary alicyclic amines) is 1. The van der Waals surface area contributed by atoms with Crippen LogP contribution >= 0.6 is 0 Å². The molecule has 0 unspecified atom stereocenters. The quantitative estimate of drug-likeness (QED) is 0.0242. The molecule has 2 heterocycles. The SMILES string of the molecule is CC[C@H](C)[C@H](NC(=O)[C@H](Cc1ccc(O)cc1)NC(=O)[C@@H](NC(=O)[C@H](CCCN=C(N)N)NC(=O)CCC(=O)O)C(C)C)C(=O)N[C@@H](Cc1cnc[nH]1)C(=O)N1CCC[C@H]1C(=O)N[C@@H](Cc1ccccc1)C(=O)O. The molecule has 1 aromatic heterocycles. The zero-order valence-corrected chi connectivity index (χ0v) is 42.0. The van der Waals surface area contributed by atoms with E-state index in [9.17, 15) is 53.4 Å². The van der Waals surface area contributed by atoms with Crippen LogP contribution in [0, 0.1) is 11.8 Å². The Kier molecular flexibility index (Phi) is 22.8. The fourth-order valence-electron chi connectivity index (χ4n) is 8.24. The number of amides is 7. The van der Waals surface area contributed by atoms with Crippen LogP contribution < -0.4 is 43.4 Å². The monoisotopic (exact) mass is 1030 g/mol. The topological polar surface area (TPSA) is 383 Å². The van der Waals surface area contributed by atoms with Crippen molar-refractivity contribution in [1.29, 1.82) is 0 Å². The molecule has 3 aromatic rings. The summed E-state index contributed by atoms with van der Waals surface area (Å²) in [4.78, 5) is 134. The van der Waals surface area contributed by atoms with Crippen molar-refractivity contribution in [3.05, 3.63) is 83.9 Å². The third kappa shape index (κ3) is 18.5. The Labute approximate surface area is 428 Å². The van der Waals surface area contributed by atoms with E-state index in [2.05, 4.69) is 46.9 Å². The van der Waals surface area contributed by atoms with Crippen molar-refractivity contribution in [3.63, 3.8) is 0 Å². The number of carboxylic acid groups (broad SMARTS) is 2. The van der Waals surface area contributed by atoms with Crippen LogP contribution in [-0.2, 0) is 62.4 Å². The molecule has 1 aliphatic rings. The third-order valence-corrected chi connectivity index (χ3v) is 12.5. The van der Waals surface area contributed by atoms with E-state index in [1.54, 1.807) is 58.0 Å². The Morgan fingerprint density at radius 3 is 1.97 bits per heavy atom. The summed E-state index contributed by atoms with van der Waals surface area (Å²) in [5.41, 5.74) is 12.5. The number of hydrogen-bond acceptors (Lipinski definition) is 12. The highest BCUT2D eigenvalue weighted by molar-refractivity contribution is 5.98. The minimum absolute atomic E-state index is 0.00192. The number of aromatic amines is 1. The van der Waals surface area contributed by atoms with Crippen molar-refractivity contribution >= 4 is 59.2 Å². The second-order valence-electron chi connectivity index (χ2n) is 18.6. The van der Waals surface area contributed by atoms with Crippen LogP contribution in [0.15, 0.2) is 72.1 Å². The number of guanidine groups is 1. The molecule has 402 valence electrons. The molecule has 4 rings (SSSR count). The summed E-state index contributed by atoms with van der Waals surface area (Å²) >= 11 is 0. The summed E-state index contributed by atoms with van der Waals surface area (Å²) in [5, 5.41) is 45.1. The number of carbonyl (C=O) groups excluding carboxylic acids is 7. The zero-order valence-electron chi connectivity index (χ0n) is 42.0. The van der Waals surface area contributed by atoms with Gasteiger partial charge >= 0.3 is 11.9 Å². The second kappa shape index (κ2) is 28.9. The number of aromatic hydroxyl groups is 1. The predicted octanol–water partition coefficient (Wildman–Crippen LogP) is -0.252. The van der Waals surface area contributed by atoms with Gasteiger partial charge in [0.2, 0.25) is 41.4 Å². The van der Waals surface area contributed by atoms with E-state index in [0.717, 1.165) is 0 Å². The van der Waals surface area contributed by atoms with E-state index in [4.69, 9.17) is 16.6 Å². The maximum atomic E-state index is 14.6. The minimum Gasteiger partial charge on any atom is -0.508 e. The highest BCUT2D eigenvalue weighted by atomic mass is 16.4. The van der Waals surface area contributed by atoms with Gasteiger partial charge in [-0.05, 0) is 60.8 Å². The van der Waals surface area contributed by atoms with Gasteiger partial charge in [-0.15, -0.1) is 0 Å². The molecule has 1 aliphatic heterocycles. The van der Waals surface area contributed by atoms with Gasteiger partial charge in [0.05, 0.1) is 12.7 Å². The number of aromatic nitrogens is 2. The molecule has 0 saturated carbocycles. The van der Waals surface area contributed by atoms with Crippen LogP contribution in [0.25, 0.3) is 0 Å². The summed E-state index contributed by atoms with van der Waals surface area (Å²) in [6.45, 7) is 7.00. The largest absolute Gasteiger partial charge is 0.508 e. The first-order chi connectivity index (χ1) is 35.2. The van der Waals surface area contributed by atoms with E-state index in [-0.39, 0.29) is 63.3 Å². The number of nitrogens with two attached hydrogens (primary N) is 2. The number of aliphatic carboxylic acids is 2. The Balaban J connectivity index is 1.58. The lowest BCUT2D eigenvalue weighted by Gasteiger charge is -2.32. The van der Waals surface area contributed by atoms with Gasteiger partial charge < -0.3 is 68.6 Å². The molecule has 0 bridgehead atoms. The van der Waals surface area contributed by atoms with Crippen LogP contribution in [0.3, 0.4) is 0 Å². The van der Waals surface area contributed by atoms with Gasteiger partial charge in [-0.2, -0.15) is 0 Å². The second-order valence-corrected chi connectivity index (χ2v) is 18.6. The standard InChI is InChI=1S/C50H70N12O12/c1-5-29(4)42(47(71)58-36(25-32-26-53-27-55-32)48(72)62-22-10-14-38(62)45(69)59-37(49(73)74)24-30-11-7-6-8-12-30)61-44(68)35(23-31-15-17-33(63)18-16-31)57-46(70)41(28(2)3)60-43(67)34(13-9-21-54-50(51)52)56-39(64)19-20-40(65)66/h6-8,11-12,15-18,26-29,34-38,41-42,63H,5,9-10,13-14,19-25H2,1-4H3,(H,53,55)(H,56,64)(H,57,70)(H,58,71)(H,59,69)(H,60,67)(H,61,68)(H,65,66)(H,73,74)(H4,51,52,54)/t29-,34-,35-,36-,37-,38-,41-,42-/m0/s1.